The molecule has 26 heavy (non-hydrogen) atoms. The number of halogens is 1. The molecule has 1 aliphatic heterocycles. The van der Waals surface area contributed by atoms with Crippen LogP contribution in [-0.4, -0.2) is 24.1 Å². The van der Waals surface area contributed by atoms with Crippen molar-refractivity contribution < 1.29 is 14.4 Å². The van der Waals surface area contributed by atoms with E-state index in [4.69, 9.17) is 11.6 Å². The van der Waals surface area contributed by atoms with Crippen LogP contribution in [0.4, 0.5) is 11.4 Å². The van der Waals surface area contributed by atoms with Crippen LogP contribution in [0.5, 0.6) is 0 Å². The molecule has 0 aromatic heterocycles. The third-order valence-electron chi connectivity index (χ3n) is 4.50. The number of nitrogens with one attached hydrogen (secondary N) is 1. The van der Waals surface area contributed by atoms with E-state index >= 15 is 0 Å². The van der Waals surface area contributed by atoms with Crippen LogP contribution < -0.4 is 10.2 Å². The predicted octanol–water partition coefficient (Wildman–Crippen LogP) is 3.84. The largest absolute Gasteiger partial charge is 0.326 e. The zero-order chi connectivity index (χ0) is 18.8. The molecule has 2 aromatic rings. The average Bonchev–Trinajstić information content (AvgIpc) is 2.99. The first-order chi connectivity index (χ1) is 12.3. The molecule has 1 heterocycles. The number of ketones is 1. The second kappa shape index (κ2) is 7.30. The lowest BCUT2D eigenvalue weighted by atomic mass is 10.1. The van der Waals surface area contributed by atoms with Gasteiger partial charge in [-0.1, -0.05) is 29.8 Å². The number of hydrogen-bond donors (Lipinski definition) is 1. The number of hydrogen-bond acceptors (Lipinski definition) is 3. The Morgan fingerprint density at radius 3 is 2.65 bits per heavy atom. The summed E-state index contributed by atoms with van der Waals surface area (Å²) in [5.41, 5.74) is 2.70. The quantitative estimate of drug-likeness (QED) is 0.831. The number of Topliss-reactive ketones (excluding diaryl/α,β-unsaturated/α-hetero) is 1. The number of benzene rings is 2. The fraction of sp³-hybridized carbons (Fsp3) is 0.250. The van der Waals surface area contributed by atoms with Gasteiger partial charge in [-0.15, -0.1) is 0 Å². The van der Waals surface area contributed by atoms with Gasteiger partial charge in [0.15, 0.2) is 5.78 Å². The Kier molecular flexibility index (Phi) is 5.09. The predicted molar refractivity (Wildman–Crippen MR) is 102 cm³/mol. The standard InChI is InChI=1S/C20H19ClN2O3/c1-12-6-7-17(10-18(12)21)23-11-15(9-19(23)25)20(26)22-16-5-3-4-14(8-16)13(2)24/h3-8,10,15H,9,11H2,1-2H3,(H,22,26)/t15-/m1/s1. The molecule has 0 aliphatic carbocycles. The molecule has 0 spiro atoms. The first-order valence-electron chi connectivity index (χ1n) is 8.33. The lowest BCUT2D eigenvalue weighted by Gasteiger charge is -2.17. The summed E-state index contributed by atoms with van der Waals surface area (Å²) in [7, 11) is 0. The Balaban J connectivity index is 1.71. The van der Waals surface area contributed by atoms with Crippen LogP contribution in [0.1, 0.15) is 29.3 Å². The van der Waals surface area contributed by atoms with E-state index in [-0.39, 0.29) is 24.0 Å². The number of amides is 2. The van der Waals surface area contributed by atoms with Crippen LogP contribution in [0.3, 0.4) is 0 Å². The number of carbonyl (C=O) groups excluding carboxylic acids is 3. The van der Waals surface area contributed by atoms with Crippen molar-refractivity contribution in [3.8, 4) is 0 Å². The molecule has 1 atom stereocenters. The number of nitrogens with zero attached hydrogens (tertiary/aromatic N) is 1. The summed E-state index contributed by atoms with van der Waals surface area (Å²) in [5, 5.41) is 3.38. The summed E-state index contributed by atoms with van der Waals surface area (Å²) in [6, 6.07) is 12.2. The monoisotopic (exact) mass is 370 g/mol. The van der Waals surface area contributed by atoms with Crippen molar-refractivity contribution in [2.75, 3.05) is 16.8 Å². The number of carbonyl (C=O) groups is 3. The first kappa shape index (κ1) is 18.1. The molecular weight excluding hydrogens is 352 g/mol. The zero-order valence-corrected chi connectivity index (χ0v) is 15.3. The zero-order valence-electron chi connectivity index (χ0n) is 14.6. The highest BCUT2D eigenvalue weighted by Gasteiger charge is 2.35. The molecule has 134 valence electrons. The van der Waals surface area contributed by atoms with Crippen LogP contribution >= 0.6 is 11.6 Å². The van der Waals surface area contributed by atoms with E-state index in [0.29, 0.717) is 28.5 Å². The summed E-state index contributed by atoms with van der Waals surface area (Å²) in [5.74, 6) is -0.870. The summed E-state index contributed by atoms with van der Waals surface area (Å²) < 4.78 is 0. The van der Waals surface area contributed by atoms with E-state index in [1.165, 1.54) is 6.92 Å². The average molecular weight is 371 g/mol. The Morgan fingerprint density at radius 1 is 1.19 bits per heavy atom. The molecule has 1 saturated heterocycles. The molecule has 3 rings (SSSR count). The first-order valence-corrected chi connectivity index (χ1v) is 8.71. The Morgan fingerprint density at radius 2 is 1.96 bits per heavy atom. The van der Waals surface area contributed by atoms with Gasteiger partial charge in [-0.3, -0.25) is 14.4 Å². The molecule has 0 radical (unpaired) electrons. The Hall–Kier alpha value is -2.66. The highest BCUT2D eigenvalue weighted by atomic mass is 35.5. The summed E-state index contributed by atoms with van der Waals surface area (Å²) in [6.45, 7) is 3.67. The molecule has 2 amide bonds. The second-order valence-electron chi connectivity index (χ2n) is 6.47. The van der Waals surface area contributed by atoms with E-state index in [0.717, 1.165) is 5.56 Å². The fourth-order valence-electron chi connectivity index (χ4n) is 2.94. The summed E-state index contributed by atoms with van der Waals surface area (Å²) in [4.78, 5) is 37.9. The third kappa shape index (κ3) is 3.78. The van der Waals surface area contributed by atoms with Gasteiger partial charge in [-0.25, -0.2) is 0 Å². The van der Waals surface area contributed by atoms with Gasteiger partial charge in [-0.2, -0.15) is 0 Å². The minimum atomic E-state index is -0.455. The Bertz CT molecular complexity index is 894. The lowest BCUT2D eigenvalue weighted by molar-refractivity contribution is -0.122. The second-order valence-corrected chi connectivity index (χ2v) is 6.87. The number of rotatable bonds is 4. The SMILES string of the molecule is CC(=O)c1cccc(NC(=O)[C@@H]2CC(=O)N(c3ccc(C)c(Cl)c3)C2)c1. The Labute approximate surface area is 156 Å². The fourth-order valence-corrected chi connectivity index (χ4v) is 3.12. The maximum absolute atomic E-state index is 12.5. The van der Waals surface area contributed by atoms with Crippen LogP contribution in [0.25, 0.3) is 0 Å². The van der Waals surface area contributed by atoms with E-state index < -0.39 is 5.92 Å². The van der Waals surface area contributed by atoms with Crippen molar-refractivity contribution in [1.29, 1.82) is 0 Å². The van der Waals surface area contributed by atoms with E-state index in [9.17, 15) is 14.4 Å². The van der Waals surface area contributed by atoms with Gasteiger partial charge in [0.1, 0.15) is 0 Å². The van der Waals surface area contributed by atoms with E-state index in [1.54, 1.807) is 35.2 Å². The van der Waals surface area contributed by atoms with Crippen molar-refractivity contribution in [3.63, 3.8) is 0 Å². The molecule has 1 N–H and O–H groups in total. The number of aryl methyl sites for hydroxylation is 1. The van der Waals surface area contributed by atoms with E-state index in [2.05, 4.69) is 5.32 Å². The normalized spacial score (nSPS) is 16.7. The smallest absolute Gasteiger partial charge is 0.229 e. The topological polar surface area (TPSA) is 66.5 Å². The van der Waals surface area contributed by atoms with Gasteiger partial charge >= 0.3 is 0 Å². The number of anilines is 2. The van der Waals surface area contributed by atoms with Crippen molar-refractivity contribution in [1.82, 2.24) is 0 Å². The van der Waals surface area contributed by atoms with Gasteiger partial charge < -0.3 is 10.2 Å². The minimum Gasteiger partial charge on any atom is -0.326 e. The lowest BCUT2D eigenvalue weighted by Crippen LogP contribution is -2.28. The van der Waals surface area contributed by atoms with Crippen LogP contribution in [0.2, 0.25) is 5.02 Å². The van der Waals surface area contributed by atoms with Gasteiger partial charge in [0, 0.05) is 34.9 Å². The van der Waals surface area contributed by atoms with Crippen LogP contribution in [0.15, 0.2) is 42.5 Å². The third-order valence-corrected chi connectivity index (χ3v) is 4.91. The van der Waals surface area contributed by atoms with E-state index in [1.807, 2.05) is 19.1 Å². The molecule has 0 bridgehead atoms. The summed E-state index contributed by atoms with van der Waals surface area (Å²) in [6.07, 6.45) is 0.143. The molecule has 2 aromatic carbocycles. The highest BCUT2D eigenvalue weighted by molar-refractivity contribution is 6.31. The van der Waals surface area contributed by atoms with Gasteiger partial charge in [0.25, 0.3) is 0 Å². The molecule has 1 aliphatic rings. The molecule has 5 nitrogen and oxygen atoms in total. The van der Waals surface area contributed by atoms with Crippen molar-refractivity contribution in [3.05, 3.63) is 58.6 Å². The van der Waals surface area contributed by atoms with Gasteiger partial charge in [0.05, 0.1) is 5.92 Å². The van der Waals surface area contributed by atoms with Crippen LogP contribution in [-0.2, 0) is 9.59 Å². The van der Waals surface area contributed by atoms with Crippen molar-refractivity contribution in [2.24, 2.45) is 5.92 Å². The maximum Gasteiger partial charge on any atom is 0.229 e. The molecular formula is C20H19ClN2O3. The summed E-state index contributed by atoms with van der Waals surface area (Å²) >= 11 is 6.14. The molecule has 1 fully saturated rings. The van der Waals surface area contributed by atoms with Crippen molar-refractivity contribution in [2.45, 2.75) is 20.3 Å². The minimum absolute atomic E-state index is 0.0698. The maximum atomic E-state index is 12.5. The molecule has 0 saturated carbocycles. The highest BCUT2D eigenvalue weighted by Crippen LogP contribution is 2.29. The van der Waals surface area contributed by atoms with Crippen LogP contribution in [0, 0.1) is 12.8 Å². The van der Waals surface area contributed by atoms with Gasteiger partial charge in [-0.05, 0) is 43.7 Å². The van der Waals surface area contributed by atoms with Gasteiger partial charge in [0.2, 0.25) is 11.8 Å². The molecule has 6 heteroatoms. The molecule has 0 unspecified atom stereocenters. The van der Waals surface area contributed by atoms with Crippen molar-refractivity contribution >= 4 is 40.6 Å².